The minimum Gasteiger partial charge on any atom is -0.0914 e. The summed E-state index contributed by atoms with van der Waals surface area (Å²) in [7, 11) is 0. The van der Waals surface area contributed by atoms with Gasteiger partial charge in [-0.3, -0.25) is 0 Å². The molecule has 1 saturated carbocycles. The topological polar surface area (TPSA) is 0 Å². The fraction of sp³-hybridized carbons (Fsp3) is 0.818. The molecular formula is C11H20. The van der Waals surface area contributed by atoms with Crippen LogP contribution in [-0.4, -0.2) is 0 Å². The molecule has 1 aliphatic carbocycles. The van der Waals surface area contributed by atoms with Crippen molar-refractivity contribution in [2.75, 3.05) is 0 Å². The maximum Gasteiger partial charge on any atom is -0.0233 e. The van der Waals surface area contributed by atoms with Gasteiger partial charge in [0.15, 0.2) is 0 Å². The third-order valence-electron chi connectivity index (χ3n) is 2.85. The van der Waals surface area contributed by atoms with Crippen molar-refractivity contribution in [2.24, 2.45) is 11.3 Å². The van der Waals surface area contributed by atoms with Gasteiger partial charge < -0.3 is 0 Å². The molecule has 0 saturated heterocycles. The lowest BCUT2D eigenvalue weighted by Crippen LogP contribution is -2.20. The average Bonchev–Trinajstić information content (AvgIpc) is 1.94. The van der Waals surface area contributed by atoms with Crippen LogP contribution in [0.1, 0.15) is 46.5 Å². The largest absolute Gasteiger partial charge is 0.0914 e. The van der Waals surface area contributed by atoms with Gasteiger partial charge in [0.1, 0.15) is 0 Å². The number of hydrogen-bond acceptors (Lipinski definition) is 0. The summed E-state index contributed by atoms with van der Waals surface area (Å²) in [6.07, 6.45) is 10.2. The van der Waals surface area contributed by atoms with Gasteiger partial charge in [-0.1, -0.05) is 26.0 Å². The van der Waals surface area contributed by atoms with Crippen LogP contribution in [-0.2, 0) is 0 Å². The van der Waals surface area contributed by atoms with Crippen molar-refractivity contribution in [2.45, 2.75) is 46.5 Å². The van der Waals surface area contributed by atoms with Crippen LogP contribution in [0.4, 0.5) is 0 Å². The van der Waals surface area contributed by atoms with E-state index in [1.807, 2.05) is 0 Å². The van der Waals surface area contributed by atoms with Crippen LogP contribution >= 0.6 is 0 Å². The molecule has 1 aliphatic rings. The lowest BCUT2D eigenvalue weighted by Gasteiger charge is -2.32. The molecule has 0 spiro atoms. The van der Waals surface area contributed by atoms with E-state index in [9.17, 15) is 0 Å². The minimum atomic E-state index is 0.623. The first-order valence-corrected chi connectivity index (χ1v) is 4.77. The van der Waals surface area contributed by atoms with Crippen molar-refractivity contribution in [3.63, 3.8) is 0 Å². The normalized spacial score (nSPS) is 26.1. The number of hydrogen-bond donors (Lipinski definition) is 0. The standard InChI is InChI=1S/C11H20/c1-4-5-10-6-8-11(2,3)9-7-10/h4-5,10H,6-9H2,1-3H3. The Labute approximate surface area is 70.7 Å². The summed E-state index contributed by atoms with van der Waals surface area (Å²) in [4.78, 5) is 0. The van der Waals surface area contributed by atoms with Crippen molar-refractivity contribution in [1.29, 1.82) is 0 Å². The first-order chi connectivity index (χ1) is 5.14. The zero-order valence-corrected chi connectivity index (χ0v) is 8.06. The average molecular weight is 152 g/mol. The van der Waals surface area contributed by atoms with Gasteiger partial charge in [-0.15, -0.1) is 0 Å². The molecule has 0 atom stereocenters. The molecule has 0 aromatic heterocycles. The Morgan fingerprint density at radius 3 is 2.18 bits per heavy atom. The Morgan fingerprint density at radius 1 is 1.18 bits per heavy atom. The predicted molar refractivity (Wildman–Crippen MR) is 50.6 cm³/mol. The Kier molecular flexibility index (Phi) is 2.75. The second kappa shape index (κ2) is 3.42. The van der Waals surface area contributed by atoms with Gasteiger partial charge in [0.25, 0.3) is 0 Å². The van der Waals surface area contributed by atoms with Gasteiger partial charge in [0.05, 0.1) is 0 Å². The summed E-state index contributed by atoms with van der Waals surface area (Å²) in [5.41, 5.74) is 0.623. The van der Waals surface area contributed by atoms with Crippen molar-refractivity contribution >= 4 is 0 Å². The molecule has 64 valence electrons. The molecule has 0 aromatic rings. The molecule has 0 amide bonds. The number of allylic oxidation sites excluding steroid dienone is 2. The maximum atomic E-state index is 2.39. The smallest absolute Gasteiger partial charge is 0.0233 e. The Balaban J connectivity index is 2.36. The lowest BCUT2D eigenvalue weighted by atomic mass is 9.73. The van der Waals surface area contributed by atoms with Crippen LogP contribution in [0.25, 0.3) is 0 Å². The SMILES string of the molecule is CC=CC1CCC(C)(C)CC1. The van der Waals surface area contributed by atoms with Gasteiger partial charge in [-0.25, -0.2) is 0 Å². The summed E-state index contributed by atoms with van der Waals surface area (Å²) < 4.78 is 0. The monoisotopic (exact) mass is 152 g/mol. The van der Waals surface area contributed by atoms with E-state index in [-0.39, 0.29) is 0 Å². The highest BCUT2D eigenvalue weighted by Gasteiger charge is 2.24. The highest BCUT2D eigenvalue weighted by Crippen LogP contribution is 2.38. The zero-order chi connectivity index (χ0) is 8.32. The molecule has 0 heteroatoms. The van der Waals surface area contributed by atoms with Gasteiger partial charge in [-0.2, -0.15) is 0 Å². The van der Waals surface area contributed by atoms with E-state index >= 15 is 0 Å². The van der Waals surface area contributed by atoms with Crippen LogP contribution in [0.15, 0.2) is 12.2 Å². The molecule has 0 aliphatic heterocycles. The third-order valence-corrected chi connectivity index (χ3v) is 2.85. The van der Waals surface area contributed by atoms with Crippen LogP contribution in [0.5, 0.6) is 0 Å². The summed E-state index contributed by atoms with van der Waals surface area (Å²) >= 11 is 0. The van der Waals surface area contributed by atoms with Gasteiger partial charge >= 0.3 is 0 Å². The molecule has 0 nitrogen and oxygen atoms in total. The number of rotatable bonds is 1. The Morgan fingerprint density at radius 2 is 1.73 bits per heavy atom. The second-order valence-electron chi connectivity index (χ2n) is 4.53. The van der Waals surface area contributed by atoms with Gasteiger partial charge in [-0.05, 0) is 43.9 Å². The Bertz CT molecular complexity index is 132. The van der Waals surface area contributed by atoms with E-state index < -0.39 is 0 Å². The molecule has 1 rings (SSSR count). The van der Waals surface area contributed by atoms with Crippen LogP contribution < -0.4 is 0 Å². The molecule has 1 fully saturated rings. The molecular weight excluding hydrogens is 132 g/mol. The van der Waals surface area contributed by atoms with E-state index in [4.69, 9.17) is 0 Å². The highest BCUT2D eigenvalue weighted by atomic mass is 14.3. The predicted octanol–water partition coefficient (Wildman–Crippen LogP) is 3.78. The first-order valence-electron chi connectivity index (χ1n) is 4.77. The summed E-state index contributed by atoms with van der Waals surface area (Å²) in [5.74, 6) is 0.882. The molecule has 0 N–H and O–H groups in total. The van der Waals surface area contributed by atoms with Crippen molar-refractivity contribution in [3.05, 3.63) is 12.2 Å². The molecule has 11 heavy (non-hydrogen) atoms. The lowest BCUT2D eigenvalue weighted by molar-refractivity contribution is 0.213. The molecule has 0 bridgehead atoms. The van der Waals surface area contributed by atoms with E-state index in [1.54, 1.807) is 0 Å². The quantitative estimate of drug-likeness (QED) is 0.502. The van der Waals surface area contributed by atoms with Gasteiger partial charge in [0.2, 0.25) is 0 Å². The second-order valence-corrected chi connectivity index (χ2v) is 4.53. The van der Waals surface area contributed by atoms with Gasteiger partial charge in [0, 0.05) is 0 Å². The van der Waals surface area contributed by atoms with Crippen LogP contribution in [0, 0.1) is 11.3 Å². The molecule has 0 unspecified atom stereocenters. The van der Waals surface area contributed by atoms with E-state index in [0.717, 1.165) is 5.92 Å². The third kappa shape index (κ3) is 2.69. The van der Waals surface area contributed by atoms with E-state index in [2.05, 4.69) is 32.9 Å². The zero-order valence-electron chi connectivity index (χ0n) is 8.06. The molecule has 0 aromatic carbocycles. The highest BCUT2D eigenvalue weighted by molar-refractivity contribution is 4.90. The van der Waals surface area contributed by atoms with Crippen LogP contribution in [0.3, 0.4) is 0 Å². The van der Waals surface area contributed by atoms with E-state index in [1.165, 1.54) is 25.7 Å². The summed E-state index contributed by atoms with van der Waals surface area (Å²) in [6.45, 7) is 6.90. The first kappa shape index (κ1) is 8.83. The van der Waals surface area contributed by atoms with E-state index in [0.29, 0.717) is 5.41 Å². The fourth-order valence-corrected chi connectivity index (χ4v) is 1.89. The van der Waals surface area contributed by atoms with Crippen molar-refractivity contribution in [3.8, 4) is 0 Å². The molecule has 0 radical (unpaired) electrons. The van der Waals surface area contributed by atoms with Crippen molar-refractivity contribution in [1.82, 2.24) is 0 Å². The summed E-state index contributed by atoms with van der Waals surface area (Å²) in [6, 6.07) is 0. The Hall–Kier alpha value is -0.260. The minimum absolute atomic E-state index is 0.623. The maximum absolute atomic E-state index is 2.39. The molecule has 0 heterocycles. The fourth-order valence-electron chi connectivity index (χ4n) is 1.89. The summed E-state index contributed by atoms with van der Waals surface area (Å²) in [5, 5.41) is 0. The van der Waals surface area contributed by atoms with Crippen molar-refractivity contribution < 1.29 is 0 Å². The van der Waals surface area contributed by atoms with Crippen LogP contribution in [0.2, 0.25) is 0 Å².